The highest BCUT2D eigenvalue weighted by Crippen LogP contribution is 2.54. The van der Waals surface area contributed by atoms with Gasteiger partial charge in [0.1, 0.15) is 10.6 Å². The van der Waals surface area contributed by atoms with Gasteiger partial charge in [0.25, 0.3) is 0 Å². The molecule has 1 aliphatic heterocycles. The quantitative estimate of drug-likeness (QED) is 0.301. The maximum atomic E-state index is 14.6. The Bertz CT molecular complexity index is 1310. The lowest BCUT2D eigenvalue weighted by molar-refractivity contribution is -0.348. The van der Waals surface area contributed by atoms with E-state index in [9.17, 15) is 48.3 Å². The number of alkyl halides is 7. The fourth-order valence-corrected chi connectivity index (χ4v) is 6.99. The molecule has 1 unspecified atom stereocenters. The molecule has 3 rings (SSSR count). The zero-order valence-electron chi connectivity index (χ0n) is 21.5. The number of nitrogens with two attached hydrogens (primary N) is 1. The Morgan fingerprint density at radius 3 is 1.95 bits per heavy atom. The van der Waals surface area contributed by atoms with Crippen LogP contribution in [-0.2, 0) is 25.0 Å². The topological polar surface area (TPSA) is 80.5 Å². The largest absolute Gasteiger partial charge is 0.435 e. The minimum absolute atomic E-state index is 0.155. The highest BCUT2D eigenvalue weighted by atomic mass is 32.2. The zero-order valence-corrected chi connectivity index (χ0v) is 22.4. The lowest BCUT2D eigenvalue weighted by atomic mass is 9.90. The van der Waals surface area contributed by atoms with Crippen molar-refractivity contribution >= 4 is 15.7 Å². The van der Waals surface area contributed by atoms with Crippen molar-refractivity contribution in [2.75, 3.05) is 13.1 Å². The molecule has 0 aliphatic carbocycles. The molecule has 0 radical (unpaired) electrons. The van der Waals surface area contributed by atoms with Crippen LogP contribution in [0.4, 0.5) is 35.1 Å². The third kappa shape index (κ3) is 5.31. The normalized spacial score (nSPS) is 20.4. The van der Waals surface area contributed by atoms with Crippen LogP contribution in [0.25, 0.3) is 0 Å². The number of carbonyl (C=O) groups excluding carboxylic acids is 1. The zero-order chi connectivity index (χ0) is 30.4. The Morgan fingerprint density at radius 2 is 1.48 bits per heavy atom. The molecule has 0 aromatic heterocycles. The monoisotopic (exact) mass is 600 g/mol. The first-order valence-corrected chi connectivity index (χ1v) is 13.7. The summed E-state index contributed by atoms with van der Waals surface area (Å²) in [5.74, 6) is -1.35. The van der Waals surface area contributed by atoms with Crippen LogP contribution >= 0.6 is 0 Å². The molecule has 40 heavy (non-hydrogen) atoms. The molecule has 1 fully saturated rings. The minimum atomic E-state index is -6.36. The van der Waals surface area contributed by atoms with Crippen molar-refractivity contribution in [1.29, 1.82) is 0 Å². The average molecular weight is 601 g/mol. The van der Waals surface area contributed by atoms with E-state index in [2.05, 4.69) is 0 Å². The van der Waals surface area contributed by atoms with Crippen molar-refractivity contribution in [1.82, 2.24) is 4.90 Å². The summed E-state index contributed by atoms with van der Waals surface area (Å²) in [6, 6.07) is 5.47. The highest BCUT2D eigenvalue weighted by molar-refractivity contribution is 7.92. The van der Waals surface area contributed by atoms with Gasteiger partial charge in [0.2, 0.25) is 5.91 Å². The van der Waals surface area contributed by atoms with Crippen LogP contribution in [-0.4, -0.2) is 50.2 Å². The smallest absolute Gasteiger partial charge is 0.339 e. The fourth-order valence-electron chi connectivity index (χ4n) is 4.91. The van der Waals surface area contributed by atoms with E-state index in [-0.39, 0.29) is 42.0 Å². The maximum absolute atomic E-state index is 14.6. The molecule has 2 aromatic carbocycles. The van der Waals surface area contributed by atoms with Crippen LogP contribution in [0.2, 0.25) is 0 Å². The molecule has 1 aliphatic rings. The van der Waals surface area contributed by atoms with Gasteiger partial charge in [-0.3, -0.25) is 4.79 Å². The van der Waals surface area contributed by atoms with Gasteiger partial charge < -0.3 is 10.6 Å². The molecule has 1 heterocycles. The predicted octanol–water partition coefficient (Wildman–Crippen LogP) is 5.92. The number of likely N-dealkylation sites (tertiary alicyclic amines) is 1. The Kier molecular flexibility index (Phi) is 8.41. The van der Waals surface area contributed by atoms with E-state index in [1.807, 2.05) is 6.92 Å². The maximum Gasteiger partial charge on any atom is 0.435 e. The predicted molar refractivity (Wildman–Crippen MR) is 130 cm³/mol. The first-order chi connectivity index (χ1) is 18.2. The number of amides is 1. The summed E-state index contributed by atoms with van der Waals surface area (Å²) in [5.41, 5.74) is -2.93. The molecule has 2 aromatic rings. The summed E-state index contributed by atoms with van der Waals surface area (Å²) in [6.45, 7) is 2.66. The molecule has 0 saturated carbocycles. The molecule has 5 nitrogen and oxygen atoms in total. The summed E-state index contributed by atoms with van der Waals surface area (Å²) < 4.78 is 134. The second kappa shape index (κ2) is 10.6. The second-order valence-corrected chi connectivity index (χ2v) is 12.4. The van der Waals surface area contributed by atoms with Crippen LogP contribution in [0.1, 0.15) is 50.7 Å². The van der Waals surface area contributed by atoms with Crippen molar-refractivity contribution < 1.29 is 48.3 Å². The molecular formula is C26H28F8N2O3S. The van der Waals surface area contributed by atoms with Crippen LogP contribution in [0.15, 0.2) is 53.4 Å². The molecule has 0 bridgehead atoms. The lowest BCUT2D eigenvalue weighted by Gasteiger charge is -2.33. The van der Waals surface area contributed by atoms with Crippen molar-refractivity contribution in [2.24, 2.45) is 5.73 Å². The number of nitrogens with zero attached hydrogens (tertiary/aromatic N) is 1. The van der Waals surface area contributed by atoms with Crippen molar-refractivity contribution in [3.8, 4) is 0 Å². The van der Waals surface area contributed by atoms with E-state index in [0.717, 1.165) is 30.7 Å². The van der Waals surface area contributed by atoms with E-state index >= 15 is 0 Å². The Labute approximate surface area is 226 Å². The van der Waals surface area contributed by atoms with Gasteiger partial charge in [0.15, 0.2) is 9.84 Å². The van der Waals surface area contributed by atoms with E-state index in [4.69, 9.17) is 5.73 Å². The summed E-state index contributed by atoms with van der Waals surface area (Å²) in [7, 11) is -4.54. The molecule has 2 atom stereocenters. The fraction of sp³-hybridized carbons (Fsp3) is 0.500. The van der Waals surface area contributed by atoms with E-state index in [1.54, 1.807) is 0 Å². The summed E-state index contributed by atoms with van der Waals surface area (Å²) >= 11 is 0. The third-order valence-corrected chi connectivity index (χ3v) is 9.78. The van der Waals surface area contributed by atoms with Gasteiger partial charge in [-0.1, -0.05) is 44.0 Å². The first-order valence-electron chi connectivity index (χ1n) is 12.3. The molecule has 0 spiro atoms. The van der Waals surface area contributed by atoms with Crippen LogP contribution in [0, 0.1) is 5.82 Å². The number of unbranched alkanes of at least 4 members (excludes halogenated alkanes) is 1. The molecule has 1 saturated heterocycles. The second-order valence-electron chi connectivity index (χ2n) is 10.2. The van der Waals surface area contributed by atoms with Crippen LogP contribution in [0.5, 0.6) is 0 Å². The standard InChI is InChI=1S/C26H28F8N2O3S/c1-3-4-13-22(2,35)21(37)36-15-14-23(16-36,40(38,39)20-11-9-19(27)10-12-20)17-5-7-18(8-6-17)24(28,25(29,30)31)26(32,33)34/h5-12H,3-4,13-16,35H2,1-2H3/t22?,23-/m0/s1. The van der Waals surface area contributed by atoms with Gasteiger partial charge >= 0.3 is 18.0 Å². The lowest BCUT2D eigenvalue weighted by Crippen LogP contribution is -2.53. The van der Waals surface area contributed by atoms with Crippen molar-refractivity contribution in [3.63, 3.8) is 0 Å². The third-order valence-electron chi connectivity index (χ3n) is 7.29. The minimum Gasteiger partial charge on any atom is -0.339 e. The van der Waals surface area contributed by atoms with Crippen molar-refractivity contribution in [3.05, 3.63) is 65.5 Å². The van der Waals surface area contributed by atoms with E-state index in [0.29, 0.717) is 18.6 Å². The Morgan fingerprint density at radius 1 is 0.950 bits per heavy atom. The summed E-state index contributed by atoms with van der Waals surface area (Å²) in [5, 5.41) is 0. The van der Waals surface area contributed by atoms with Gasteiger partial charge in [-0.2, -0.15) is 26.3 Å². The number of sulfone groups is 1. The van der Waals surface area contributed by atoms with E-state index in [1.165, 1.54) is 11.8 Å². The molecule has 222 valence electrons. The number of hydrogen-bond donors (Lipinski definition) is 1. The first kappa shape index (κ1) is 31.8. The van der Waals surface area contributed by atoms with Gasteiger partial charge in [-0.05, 0) is 49.6 Å². The number of benzene rings is 2. The van der Waals surface area contributed by atoms with Crippen LogP contribution in [0.3, 0.4) is 0 Å². The SMILES string of the molecule is CCCCC(C)(N)C(=O)N1CC[C@](c2ccc(C(F)(C(F)(F)F)C(F)(F)F)cc2)(S(=O)(=O)c2ccc(F)cc2)C1. The van der Waals surface area contributed by atoms with Crippen molar-refractivity contribution in [2.45, 2.75) is 72.7 Å². The molecule has 14 heteroatoms. The Hall–Kier alpha value is -2.74. The summed E-state index contributed by atoms with van der Waals surface area (Å²) in [4.78, 5) is 14.0. The number of rotatable bonds is 8. The van der Waals surface area contributed by atoms with Gasteiger partial charge in [0, 0.05) is 18.7 Å². The summed E-state index contributed by atoms with van der Waals surface area (Å²) in [6.07, 6.45) is -11.4. The molecular weight excluding hydrogens is 572 g/mol. The number of halogens is 8. The van der Waals surface area contributed by atoms with Gasteiger partial charge in [-0.25, -0.2) is 17.2 Å². The highest BCUT2D eigenvalue weighted by Gasteiger charge is 2.73. The average Bonchev–Trinajstić information content (AvgIpc) is 3.33. The van der Waals surface area contributed by atoms with E-state index < -0.39 is 62.0 Å². The Balaban J connectivity index is 2.15. The number of hydrogen-bond acceptors (Lipinski definition) is 4. The van der Waals surface area contributed by atoms with Gasteiger partial charge in [0.05, 0.1) is 10.4 Å². The van der Waals surface area contributed by atoms with Gasteiger partial charge in [-0.15, -0.1) is 0 Å². The molecule has 2 N–H and O–H groups in total. The number of carbonyl (C=O) groups is 1. The van der Waals surface area contributed by atoms with Crippen LogP contribution < -0.4 is 5.73 Å². The molecule has 1 amide bonds.